The number of carbonyl (C=O) groups excluding carboxylic acids is 3. The highest BCUT2D eigenvalue weighted by molar-refractivity contribution is 6.25. The summed E-state index contributed by atoms with van der Waals surface area (Å²) in [5.41, 5.74) is 4.01. The number of amides is 1. The summed E-state index contributed by atoms with van der Waals surface area (Å²) in [6.45, 7) is 0. The summed E-state index contributed by atoms with van der Waals surface area (Å²) in [5.74, 6) is -0.860. The Morgan fingerprint density at radius 1 is 1.10 bits per heavy atom. The van der Waals surface area contributed by atoms with E-state index in [2.05, 4.69) is 11.8 Å². The minimum absolute atomic E-state index is 0.0258. The topological polar surface area (TPSA) is 165 Å². The molecule has 0 aromatic heterocycles. The number of rotatable bonds is 4. The standard InChI is InChI=1S/C32H33N3O7/c1-34(2)21-15-17(12-8-11-16-9-6-5-7-10-16)26(36)23-19(21)13-18-14-20-25(35(3)4)28(38)24(31(33)41)30(40)32(20,42)29(39)22(18)27(23)37/h5-7,9-10,15,18,20,25,36,38-39,42H,11,13-14H2,1-4H3,(H2,33,41)/t18-,20-,25+,32+/m1/s1. The van der Waals surface area contributed by atoms with Crippen LogP contribution in [0.2, 0.25) is 0 Å². The maximum Gasteiger partial charge on any atom is 0.255 e. The molecule has 0 spiro atoms. The Bertz CT molecular complexity index is 1650. The molecule has 2 aromatic rings. The van der Waals surface area contributed by atoms with E-state index in [-0.39, 0.29) is 35.3 Å². The fraction of sp³-hybridized carbons (Fsp3) is 0.344. The van der Waals surface area contributed by atoms with Gasteiger partial charge in [-0.1, -0.05) is 42.2 Å². The predicted octanol–water partition coefficient (Wildman–Crippen LogP) is 1.78. The fourth-order valence-electron chi connectivity index (χ4n) is 6.63. The van der Waals surface area contributed by atoms with Gasteiger partial charge >= 0.3 is 0 Å². The van der Waals surface area contributed by atoms with Crippen LogP contribution in [-0.2, 0) is 22.4 Å². The van der Waals surface area contributed by atoms with E-state index in [4.69, 9.17) is 5.73 Å². The lowest BCUT2D eigenvalue weighted by Crippen LogP contribution is -2.63. The summed E-state index contributed by atoms with van der Waals surface area (Å²) >= 11 is 0. The molecule has 0 heterocycles. The van der Waals surface area contributed by atoms with Crippen molar-refractivity contribution >= 4 is 23.2 Å². The fourth-order valence-corrected chi connectivity index (χ4v) is 6.63. The molecular formula is C32H33N3O7. The quantitative estimate of drug-likeness (QED) is 0.272. The van der Waals surface area contributed by atoms with Crippen molar-refractivity contribution < 1.29 is 34.8 Å². The molecule has 218 valence electrons. The normalized spacial score (nSPS) is 25.0. The van der Waals surface area contributed by atoms with Crippen molar-refractivity contribution in [2.45, 2.75) is 30.9 Å². The third-order valence-corrected chi connectivity index (χ3v) is 8.54. The van der Waals surface area contributed by atoms with Crippen LogP contribution < -0.4 is 10.6 Å². The second-order valence-electron chi connectivity index (χ2n) is 11.5. The molecule has 3 aliphatic carbocycles. The third-order valence-electron chi connectivity index (χ3n) is 8.54. The van der Waals surface area contributed by atoms with E-state index in [1.165, 1.54) is 4.90 Å². The number of aliphatic hydroxyl groups is 3. The van der Waals surface area contributed by atoms with Gasteiger partial charge in [0.2, 0.25) is 5.78 Å². The van der Waals surface area contributed by atoms with Gasteiger partial charge in [-0.25, -0.2) is 0 Å². The number of fused-ring (bicyclic) bond motifs is 3. The van der Waals surface area contributed by atoms with Crippen molar-refractivity contribution in [2.24, 2.45) is 17.6 Å². The van der Waals surface area contributed by atoms with Crippen molar-refractivity contribution in [1.29, 1.82) is 0 Å². The van der Waals surface area contributed by atoms with Crippen LogP contribution in [0.25, 0.3) is 0 Å². The number of Topliss-reactive ketones (excluding diaryl/α,β-unsaturated/α-hetero) is 2. The zero-order chi connectivity index (χ0) is 30.7. The number of nitrogens with two attached hydrogens (primary N) is 1. The Morgan fingerprint density at radius 3 is 2.36 bits per heavy atom. The first-order valence-electron chi connectivity index (χ1n) is 13.5. The van der Waals surface area contributed by atoms with Crippen molar-refractivity contribution in [3.63, 3.8) is 0 Å². The number of anilines is 1. The number of ketones is 2. The van der Waals surface area contributed by atoms with E-state index in [1.54, 1.807) is 34.3 Å². The number of phenols is 1. The number of allylic oxidation sites excluding steroid dienone is 1. The highest BCUT2D eigenvalue weighted by Crippen LogP contribution is 2.53. The number of primary amides is 1. The van der Waals surface area contributed by atoms with Crippen molar-refractivity contribution in [3.05, 3.63) is 81.3 Å². The van der Waals surface area contributed by atoms with Gasteiger partial charge in [0.05, 0.1) is 17.2 Å². The molecule has 0 aliphatic heterocycles. The maximum atomic E-state index is 14.1. The second-order valence-corrected chi connectivity index (χ2v) is 11.5. The number of carbonyl (C=O) groups is 3. The molecule has 10 heteroatoms. The zero-order valence-electron chi connectivity index (χ0n) is 23.8. The van der Waals surface area contributed by atoms with Crippen LogP contribution in [0.3, 0.4) is 0 Å². The lowest BCUT2D eigenvalue weighted by molar-refractivity contribution is -0.148. The summed E-state index contributed by atoms with van der Waals surface area (Å²) in [6, 6.07) is 10.2. The van der Waals surface area contributed by atoms with Gasteiger partial charge in [-0.3, -0.25) is 19.3 Å². The number of aromatic hydroxyl groups is 1. The molecule has 42 heavy (non-hydrogen) atoms. The number of benzene rings is 2. The molecule has 0 saturated heterocycles. The molecule has 0 saturated carbocycles. The molecule has 4 atom stereocenters. The van der Waals surface area contributed by atoms with E-state index in [0.717, 1.165) is 5.56 Å². The van der Waals surface area contributed by atoms with E-state index in [0.29, 0.717) is 17.7 Å². The van der Waals surface area contributed by atoms with Gasteiger partial charge in [0, 0.05) is 37.7 Å². The predicted molar refractivity (Wildman–Crippen MR) is 155 cm³/mol. The van der Waals surface area contributed by atoms with Crippen LogP contribution in [0, 0.1) is 23.7 Å². The Balaban J connectivity index is 1.67. The summed E-state index contributed by atoms with van der Waals surface area (Å²) < 4.78 is 0. The smallest absolute Gasteiger partial charge is 0.255 e. The average Bonchev–Trinajstić information content (AvgIpc) is 2.92. The molecule has 5 rings (SSSR count). The Hall–Kier alpha value is -4.59. The van der Waals surface area contributed by atoms with Crippen LogP contribution in [0.15, 0.2) is 59.1 Å². The van der Waals surface area contributed by atoms with E-state index >= 15 is 0 Å². The van der Waals surface area contributed by atoms with Crippen LogP contribution in [0.5, 0.6) is 5.75 Å². The zero-order valence-corrected chi connectivity index (χ0v) is 23.8. The number of nitrogens with zero attached hydrogens (tertiary/aromatic N) is 2. The molecular weight excluding hydrogens is 538 g/mol. The molecule has 6 N–H and O–H groups in total. The molecule has 0 bridgehead atoms. The average molecular weight is 572 g/mol. The lowest BCUT2D eigenvalue weighted by atomic mass is 9.58. The SMILES string of the molecule is CN(C)c1cc(C#CCc2ccccc2)c(O)c2c1C[C@@H]1C[C@@H]3[C@H](N(C)C)C(O)=C(C(N)=O)C(=O)[C@@]3(O)C(O)=C1C2=O. The van der Waals surface area contributed by atoms with Gasteiger partial charge < -0.3 is 31.1 Å². The number of hydrogen-bond donors (Lipinski definition) is 5. The summed E-state index contributed by atoms with van der Waals surface area (Å²) in [7, 11) is 6.79. The summed E-state index contributed by atoms with van der Waals surface area (Å²) in [5, 5.41) is 45.5. The minimum Gasteiger partial charge on any atom is -0.510 e. The van der Waals surface area contributed by atoms with Crippen LogP contribution >= 0.6 is 0 Å². The maximum absolute atomic E-state index is 14.1. The molecule has 3 aliphatic rings. The monoisotopic (exact) mass is 571 g/mol. The Kier molecular flexibility index (Phi) is 7.13. The van der Waals surface area contributed by atoms with Crippen LogP contribution in [-0.4, -0.2) is 82.6 Å². The molecule has 2 aromatic carbocycles. The molecule has 1 amide bonds. The third kappa shape index (κ3) is 4.24. The number of phenolic OH excluding ortho intramolecular Hbond substituents is 1. The van der Waals surface area contributed by atoms with Crippen LogP contribution in [0.4, 0.5) is 5.69 Å². The highest BCUT2D eigenvalue weighted by atomic mass is 16.3. The van der Waals surface area contributed by atoms with Gasteiger partial charge in [-0.15, -0.1) is 0 Å². The van der Waals surface area contributed by atoms with Crippen molar-refractivity contribution in [2.75, 3.05) is 33.1 Å². The first kappa shape index (κ1) is 28.9. The van der Waals surface area contributed by atoms with Gasteiger partial charge in [-0.2, -0.15) is 0 Å². The summed E-state index contributed by atoms with van der Waals surface area (Å²) in [4.78, 5) is 43.1. The Labute approximate surface area is 243 Å². The first-order valence-corrected chi connectivity index (χ1v) is 13.5. The van der Waals surface area contributed by atoms with Gasteiger partial charge in [0.15, 0.2) is 11.4 Å². The van der Waals surface area contributed by atoms with E-state index in [9.17, 15) is 34.8 Å². The molecule has 10 nitrogen and oxygen atoms in total. The van der Waals surface area contributed by atoms with E-state index in [1.807, 2.05) is 35.2 Å². The van der Waals surface area contributed by atoms with Crippen LogP contribution in [0.1, 0.15) is 33.5 Å². The van der Waals surface area contributed by atoms with E-state index < -0.39 is 58.0 Å². The molecule has 0 radical (unpaired) electrons. The Morgan fingerprint density at radius 2 is 1.76 bits per heavy atom. The minimum atomic E-state index is -2.68. The highest BCUT2D eigenvalue weighted by Gasteiger charge is 2.63. The molecule has 0 fully saturated rings. The van der Waals surface area contributed by atoms with Gasteiger partial charge in [0.1, 0.15) is 22.8 Å². The second kappa shape index (κ2) is 10.4. The first-order chi connectivity index (χ1) is 19.8. The van der Waals surface area contributed by atoms with Gasteiger partial charge in [-0.05, 0) is 50.0 Å². The molecule has 0 unspecified atom stereocenters. The number of aliphatic hydroxyl groups excluding tert-OH is 2. The number of hydrogen-bond acceptors (Lipinski definition) is 9. The lowest BCUT2D eigenvalue weighted by Gasteiger charge is -2.50. The van der Waals surface area contributed by atoms with Crippen molar-refractivity contribution in [3.8, 4) is 17.6 Å². The van der Waals surface area contributed by atoms with Gasteiger partial charge in [0.25, 0.3) is 5.91 Å². The largest absolute Gasteiger partial charge is 0.510 e. The number of likely N-dealkylation sites (N-methyl/N-ethyl adjacent to an activating group) is 1. The summed E-state index contributed by atoms with van der Waals surface area (Å²) in [6.07, 6.45) is 0.647. The van der Waals surface area contributed by atoms with Crippen molar-refractivity contribution in [1.82, 2.24) is 4.90 Å².